The van der Waals surface area contributed by atoms with Gasteiger partial charge in [0.15, 0.2) is 0 Å². The standard InChI is InChI=1S/C21H19FN4O2S/c1-13-5-6-15(19-12-29-25-24-19)8-18(13)23-21(28)16-9-20(27)26(11-16)10-14-3-2-4-17(22)7-14/h2-8,12,16H,9-11H2,1H3,(H,23,28). The lowest BCUT2D eigenvalue weighted by Crippen LogP contribution is -2.28. The number of nitrogens with one attached hydrogen (secondary N) is 1. The van der Waals surface area contributed by atoms with Crippen LogP contribution in [0, 0.1) is 18.7 Å². The van der Waals surface area contributed by atoms with Crippen LogP contribution in [0.5, 0.6) is 0 Å². The fourth-order valence-corrected chi connectivity index (χ4v) is 3.86. The van der Waals surface area contributed by atoms with Crippen molar-refractivity contribution in [2.75, 3.05) is 11.9 Å². The molecule has 2 aromatic carbocycles. The van der Waals surface area contributed by atoms with E-state index in [2.05, 4.69) is 14.9 Å². The molecule has 0 radical (unpaired) electrons. The van der Waals surface area contributed by atoms with E-state index in [9.17, 15) is 14.0 Å². The van der Waals surface area contributed by atoms with Crippen molar-refractivity contribution in [3.8, 4) is 11.3 Å². The number of aromatic nitrogens is 2. The van der Waals surface area contributed by atoms with Gasteiger partial charge in [0.2, 0.25) is 11.8 Å². The van der Waals surface area contributed by atoms with Crippen LogP contribution in [0.25, 0.3) is 11.3 Å². The molecule has 1 fully saturated rings. The highest BCUT2D eigenvalue weighted by molar-refractivity contribution is 7.03. The van der Waals surface area contributed by atoms with Crippen LogP contribution in [-0.2, 0) is 16.1 Å². The van der Waals surface area contributed by atoms with Crippen LogP contribution in [0.1, 0.15) is 17.5 Å². The molecule has 1 N–H and O–H groups in total. The summed E-state index contributed by atoms with van der Waals surface area (Å²) in [6.45, 7) is 2.52. The Labute approximate surface area is 171 Å². The Kier molecular flexibility index (Phi) is 5.35. The summed E-state index contributed by atoms with van der Waals surface area (Å²) in [5.41, 5.74) is 3.94. The summed E-state index contributed by atoms with van der Waals surface area (Å²) < 4.78 is 17.3. The van der Waals surface area contributed by atoms with E-state index in [0.29, 0.717) is 24.3 Å². The van der Waals surface area contributed by atoms with Crippen LogP contribution in [0.3, 0.4) is 0 Å². The van der Waals surface area contributed by atoms with Crippen LogP contribution in [0.15, 0.2) is 47.8 Å². The van der Waals surface area contributed by atoms with Gasteiger partial charge in [-0.2, -0.15) is 0 Å². The number of carbonyl (C=O) groups is 2. The molecule has 4 rings (SSSR count). The maximum absolute atomic E-state index is 13.4. The van der Waals surface area contributed by atoms with Gasteiger partial charge in [0.05, 0.1) is 5.92 Å². The Morgan fingerprint density at radius 1 is 1.31 bits per heavy atom. The van der Waals surface area contributed by atoms with Crippen LogP contribution in [-0.4, -0.2) is 32.8 Å². The van der Waals surface area contributed by atoms with E-state index >= 15 is 0 Å². The van der Waals surface area contributed by atoms with Crippen LogP contribution in [0.2, 0.25) is 0 Å². The van der Waals surface area contributed by atoms with Gasteiger partial charge in [-0.25, -0.2) is 4.39 Å². The van der Waals surface area contributed by atoms with Crippen molar-refractivity contribution in [2.24, 2.45) is 5.92 Å². The van der Waals surface area contributed by atoms with Gasteiger partial charge in [-0.1, -0.05) is 28.8 Å². The van der Waals surface area contributed by atoms with Crippen molar-refractivity contribution in [1.29, 1.82) is 0 Å². The normalized spacial score (nSPS) is 16.3. The molecule has 8 heteroatoms. The maximum atomic E-state index is 13.4. The van der Waals surface area contributed by atoms with E-state index in [1.807, 2.05) is 30.5 Å². The number of hydrogen-bond donors (Lipinski definition) is 1. The molecule has 1 aromatic heterocycles. The highest BCUT2D eigenvalue weighted by Crippen LogP contribution is 2.27. The number of anilines is 1. The van der Waals surface area contributed by atoms with Crippen molar-refractivity contribution in [3.05, 3.63) is 64.8 Å². The number of rotatable bonds is 5. The van der Waals surface area contributed by atoms with Gasteiger partial charge in [0.1, 0.15) is 11.5 Å². The number of aryl methyl sites for hydroxylation is 1. The smallest absolute Gasteiger partial charge is 0.229 e. The number of halogens is 1. The van der Waals surface area contributed by atoms with Crippen LogP contribution < -0.4 is 5.32 Å². The van der Waals surface area contributed by atoms with Gasteiger partial charge in [0, 0.05) is 36.1 Å². The Balaban J connectivity index is 1.44. The second-order valence-corrected chi connectivity index (χ2v) is 7.72. The third-order valence-corrected chi connectivity index (χ3v) is 5.50. The fourth-order valence-electron chi connectivity index (χ4n) is 3.40. The van der Waals surface area contributed by atoms with Gasteiger partial charge in [0.25, 0.3) is 0 Å². The molecule has 1 aliphatic rings. The Morgan fingerprint density at radius 2 is 2.17 bits per heavy atom. The quantitative estimate of drug-likeness (QED) is 0.697. The maximum Gasteiger partial charge on any atom is 0.229 e. The number of hydrogen-bond acceptors (Lipinski definition) is 5. The molecule has 148 valence electrons. The molecule has 1 unspecified atom stereocenters. The van der Waals surface area contributed by atoms with E-state index in [0.717, 1.165) is 16.8 Å². The molecule has 1 saturated heterocycles. The zero-order valence-electron chi connectivity index (χ0n) is 15.8. The number of nitrogens with zero attached hydrogens (tertiary/aromatic N) is 3. The summed E-state index contributed by atoms with van der Waals surface area (Å²) >= 11 is 1.27. The minimum Gasteiger partial charge on any atom is -0.338 e. The molecule has 0 saturated carbocycles. The molecule has 2 heterocycles. The molecule has 0 bridgehead atoms. The minimum atomic E-state index is -0.444. The third kappa shape index (κ3) is 4.32. The summed E-state index contributed by atoms with van der Waals surface area (Å²) in [4.78, 5) is 26.7. The van der Waals surface area contributed by atoms with Crippen molar-refractivity contribution in [3.63, 3.8) is 0 Å². The van der Waals surface area contributed by atoms with E-state index in [4.69, 9.17) is 0 Å². The number of carbonyl (C=O) groups excluding carboxylic acids is 2. The molecule has 0 spiro atoms. The number of benzene rings is 2. The number of amides is 2. The molecule has 3 aromatic rings. The molecule has 2 amide bonds. The topological polar surface area (TPSA) is 75.2 Å². The lowest BCUT2D eigenvalue weighted by molar-refractivity contribution is -0.128. The molecule has 1 aliphatic heterocycles. The average Bonchev–Trinajstić information content (AvgIpc) is 3.34. The monoisotopic (exact) mass is 410 g/mol. The Morgan fingerprint density at radius 3 is 2.93 bits per heavy atom. The average molecular weight is 410 g/mol. The molecule has 0 aliphatic carbocycles. The second-order valence-electron chi connectivity index (χ2n) is 7.11. The lowest BCUT2D eigenvalue weighted by Gasteiger charge is -2.17. The second kappa shape index (κ2) is 8.08. The largest absolute Gasteiger partial charge is 0.338 e. The van der Waals surface area contributed by atoms with Gasteiger partial charge >= 0.3 is 0 Å². The van der Waals surface area contributed by atoms with E-state index in [1.54, 1.807) is 17.0 Å². The molecule has 6 nitrogen and oxygen atoms in total. The van der Waals surface area contributed by atoms with E-state index < -0.39 is 5.92 Å². The van der Waals surface area contributed by atoms with Crippen LogP contribution in [0.4, 0.5) is 10.1 Å². The van der Waals surface area contributed by atoms with Gasteiger partial charge in [-0.15, -0.1) is 5.10 Å². The molecule has 29 heavy (non-hydrogen) atoms. The van der Waals surface area contributed by atoms with E-state index in [1.165, 1.54) is 23.7 Å². The molecular weight excluding hydrogens is 391 g/mol. The summed E-state index contributed by atoms with van der Waals surface area (Å²) in [5.74, 6) is -1.08. The fraction of sp³-hybridized carbons (Fsp3) is 0.238. The first-order valence-electron chi connectivity index (χ1n) is 9.21. The van der Waals surface area contributed by atoms with Gasteiger partial charge in [-0.3, -0.25) is 9.59 Å². The SMILES string of the molecule is Cc1ccc(-c2csnn2)cc1NC(=O)C1CC(=O)N(Cc2cccc(F)c2)C1. The van der Waals surface area contributed by atoms with Crippen molar-refractivity contribution >= 4 is 29.0 Å². The summed E-state index contributed by atoms with van der Waals surface area (Å²) in [6.07, 6.45) is 0.149. The van der Waals surface area contributed by atoms with Gasteiger partial charge < -0.3 is 10.2 Å². The molecular formula is C21H19FN4O2S. The summed E-state index contributed by atoms with van der Waals surface area (Å²) in [5, 5.41) is 8.85. The lowest BCUT2D eigenvalue weighted by atomic mass is 10.1. The predicted molar refractivity (Wildman–Crippen MR) is 109 cm³/mol. The third-order valence-electron chi connectivity index (χ3n) is 5.00. The van der Waals surface area contributed by atoms with Crippen molar-refractivity contribution in [2.45, 2.75) is 19.9 Å². The highest BCUT2D eigenvalue weighted by atomic mass is 32.1. The zero-order chi connectivity index (χ0) is 20.4. The van der Waals surface area contributed by atoms with Gasteiger partial charge in [-0.05, 0) is 47.8 Å². The Hall–Kier alpha value is -3.13. The van der Waals surface area contributed by atoms with Crippen molar-refractivity contribution < 1.29 is 14.0 Å². The summed E-state index contributed by atoms with van der Waals surface area (Å²) in [6, 6.07) is 11.9. The molecule has 1 atom stereocenters. The first kappa shape index (κ1) is 19.2. The van der Waals surface area contributed by atoms with Crippen molar-refractivity contribution in [1.82, 2.24) is 14.5 Å². The first-order chi connectivity index (χ1) is 14.0. The zero-order valence-corrected chi connectivity index (χ0v) is 16.6. The first-order valence-corrected chi connectivity index (χ1v) is 10.0. The predicted octanol–water partition coefficient (Wildman–Crippen LogP) is 3.64. The summed E-state index contributed by atoms with van der Waals surface area (Å²) in [7, 11) is 0. The number of likely N-dealkylation sites (tertiary alicyclic amines) is 1. The van der Waals surface area contributed by atoms with Crippen LogP contribution >= 0.6 is 11.5 Å². The van der Waals surface area contributed by atoms with E-state index in [-0.39, 0.29) is 24.1 Å². The highest BCUT2D eigenvalue weighted by Gasteiger charge is 2.34. The Bertz CT molecular complexity index is 1050. The minimum absolute atomic E-state index is 0.103.